The fraction of sp³-hybridized carbons (Fsp3) is 0.0345. The van der Waals surface area contributed by atoms with Crippen molar-refractivity contribution in [1.82, 2.24) is 9.99 Å². The molecule has 0 aliphatic heterocycles. The van der Waals surface area contributed by atoms with Crippen LogP contribution in [0.4, 0.5) is 0 Å². The Kier molecular flexibility index (Phi) is 5.91. The summed E-state index contributed by atoms with van der Waals surface area (Å²) in [6.45, 7) is 2.07. The van der Waals surface area contributed by atoms with E-state index in [1.807, 2.05) is 72.8 Å². The predicted molar refractivity (Wildman–Crippen MR) is 135 cm³/mol. The highest BCUT2D eigenvalue weighted by atomic mass is 16.3. The summed E-state index contributed by atoms with van der Waals surface area (Å²) in [6, 6.07) is 35.4. The molecule has 1 amide bonds. The molecule has 0 aliphatic rings. The zero-order chi connectivity index (χ0) is 23.3. The van der Waals surface area contributed by atoms with Crippen LogP contribution in [0.2, 0.25) is 0 Å². The van der Waals surface area contributed by atoms with Gasteiger partial charge in [-0.3, -0.25) is 4.79 Å². The van der Waals surface area contributed by atoms with Crippen LogP contribution in [-0.2, 0) is 0 Å². The second kappa shape index (κ2) is 9.46. The molecule has 0 fully saturated rings. The van der Waals surface area contributed by atoms with Crippen LogP contribution in [0.25, 0.3) is 28.3 Å². The third-order valence-electron chi connectivity index (χ3n) is 5.58. The number of carbonyl (C=O) groups excluding carboxylic acids is 1. The minimum Gasteiger partial charge on any atom is -0.455 e. The highest BCUT2D eigenvalue weighted by molar-refractivity contribution is 5.95. The number of amides is 1. The summed E-state index contributed by atoms with van der Waals surface area (Å²) in [5, 5.41) is 4.04. The molecule has 0 unspecified atom stereocenters. The van der Waals surface area contributed by atoms with Crippen molar-refractivity contribution in [2.45, 2.75) is 6.92 Å². The van der Waals surface area contributed by atoms with E-state index >= 15 is 0 Å². The fourth-order valence-electron chi connectivity index (χ4n) is 3.88. The van der Waals surface area contributed by atoms with Gasteiger partial charge < -0.3 is 8.98 Å². The maximum absolute atomic E-state index is 12.6. The average Bonchev–Trinajstić information content (AvgIpc) is 3.52. The first kappa shape index (κ1) is 21.2. The summed E-state index contributed by atoms with van der Waals surface area (Å²) in [5.41, 5.74) is 8.43. The predicted octanol–water partition coefficient (Wildman–Crippen LogP) is 6.48. The number of hydrazone groups is 1. The van der Waals surface area contributed by atoms with Gasteiger partial charge in [-0.25, -0.2) is 5.43 Å². The number of furan rings is 1. The lowest BCUT2D eigenvalue weighted by molar-refractivity contribution is 0.0955. The first-order valence-electron chi connectivity index (χ1n) is 11.0. The first-order chi connectivity index (χ1) is 16.7. The number of benzene rings is 3. The molecule has 0 aliphatic carbocycles. The molecule has 5 nitrogen and oxygen atoms in total. The number of hydrogen-bond acceptors (Lipinski definition) is 3. The summed E-state index contributed by atoms with van der Waals surface area (Å²) in [5.74, 6) is 1.02. The molecule has 1 N–H and O–H groups in total. The maximum atomic E-state index is 12.6. The summed E-state index contributed by atoms with van der Waals surface area (Å²) in [7, 11) is 0. The first-order valence-corrected chi connectivity index (χ1v) is 11.0. The van der Waals surface area contributed by atoms with E-state index in [-0.39, 0.29) is 5.91 Å². The Morgan fingerprint density at radius 3 is 2.18 bits per heavy atom. The van der Waals surface area contributed by atoms with Crippen molar-refractivity contribution in [3.05, 3.63) is 126 Å². The van der Waals surface area contributed by atoms with Gasteiger partial charge in [-0.1, -0.05) is 60.7 Å². The van der Waals surface area contributed by atoms with Crippen molar-refractivity contribution in [3.8, 4) is 28.3 Å². The summed E-state index contributed by atoms with van der Waals surface area (Å²) in [6.07, 6.45) is 1.49. The minimum atomic E-state index is -0.287. The summed E-state index contributed by atoms with van der Waals surface area (Å²) >= 11 is 0. The SMILES string of the molecule is Cc1ccc(-c2ccccc2)n1-c1ccc(C(=O)N/N=C/c2ccc(-c3ccccc3)o2)cc1. The Hall–Kier alpha value is -4.64. The number of rotatable bonds is 6. The average molecular weight is 446 g/mol. The van der Waals surface area contributed by atoms with E-state index in [2.05, 4.69) is 46.3 Å². The van der Waals surface area contributed by atoms with E-state index in [0.29, 0.717) is 11.3 Å². The van der Waals surface area contributed by atoms with Crippen LogP contribution < -0.4 is 5.43 Å². The molecule has 2 heterocycles. The van der Waals surface area contributed by atoms with Gasteiger partial charge in [-0.2, -0.15) is 5.10 Å². The molecular weight excluding hydrogens is 422 g/mol. The molecular formula is C29H23N3O2. The Bertz CT molecular complexity index is 1430. The van der Waals surface area contributed by atoms with Gasteiger partial charge in [0.05, 0.1) is 11.9 Å². The Morgan fingerprint density at radius 2 is 1.47 bits per heavy atom. The molecule has 0 spiro atoms. The topological polar surface area (TPSA) is 59.5 Å². The van der Waals surface area contributed by atoms with Crippen LogP contribution in [0.15, 0.2) is 119 Å². The lowest BCUT2D eigenvalue weighted by Crippen LogP contribution is -2.17. The van der Waals surface area contributed by atoms with Gasteiger partial charge in [0.2, 0.25) is 0 Å². The third kappa shape index (κ3) is 4.45. The number of nitrogens with one attached hydrogen (secondary N) is 1. The Morgan fingerprint density at radius 1 is 0.794 bits per heavy atom. The quantitative estimate of drug-likeness (QED) is 0.240. The molecule has 0 saturated heterocycles. The molecule has 0 bridgehead atoms. The van der Waals surface area contributed by atoms with Crippen LogP contribution in [-0.4, -0.2) is 16.7 Å². The largest absolute Gasteiger partial charge is 0.455 e. The van der Waals surface area contributed by atoms with Crippen molar-refractivity contribution in [2.75, 3.05) is 0 Å². The number of hydrogen-bond donors (Lipinski definition) is 1. The number of nitrogens with zero attached hydrogens (tertiary/aromatic N) is 2. The number of aryl methyl sites for hydroxylation is 1. The maximum Gasteiger partial charge on any atom is 0.271 e. The van der Waals surface area contributed by atoms with Crippen LogP contribution in [0.5, 0.6) is 0 Å². The van der Waals surface area contributed by atoms with Crippen molar-refractivity contribution in [3.63, 3.8) is 0 Å². The summed E-state index contributed by atoms with van der Waals surface area (Å²) in [4.78, 5) is 12.6. The molecule has 5 aromatic rings. The fourth-order valence-corrected chi connectivity index (χ4v) is 3.88. The molecule has 5 rings (SSSR count). The molecule has 5 heteroatoms. The van der Waals surface area contributed by atoms with Crippen molar-refractivity contribution < 1.29 is 9.21 Å². The summed E-state index contributed by atoms with van der Waals surface area (Å²) < 4.78 is 7.95. The smallest absolute Gasteiger partial charge is 0.271 e. The molecule has 0 radical (unpaired) electrons. The molecule has 3 aromatic carbocycles. The van der Waals surface area contributed by atoms with Crippen LogP contribution >= 0.6 is 0 Å². The second-order valence-electron chi connectivity index (χ2n) is 7.88. The van der Waals surface area contributed by atoms with E-state index < -0.39 is 0 Å². The van der Waals surface area contributed by atoms with Gasteiger partial charge in [-0.05, 0) is 61.0 Å². The van der Waals surface area contributed by atoms with Gasteiger partial charge in [-0.15, -0.1) is 0 Å². The van der Waals surface area contributed by atoms with Gasteiger partial charge in [0.15, 0.2) is 0 Å². The van der Waals surface area contributed by atoms with Crippen molar-refractivity contribution in [2.24, 2.45) is 5.10 Å². The molecule has 34 heavy (non-hydrogen) atoms. The van der Waals surface area contributed by atoms with Gasteiger partial charge in [0.25, 0.3) is 5.91 Å². The monoisotopic (exact) mass is 445 g/mol. The molecule has 0 saturated carbocycles. The Labute approximate surface area is 198 Å². The lowest BCUT2D eigenvalue weighted by atomic mass is 10.1. The van der Waals surface area contributed by atoms with E-state index in [9.17, 15) is 4.79 Å². The zero-order valence-corrected chi connectivity index (χ0v) is 18.7. The van der Waals surface area contributed by atoms with Crippen molar-refractivity contribution in [1.29, 1.82) is 0 Å². The normalized spacial score (nSPS) is 11.1. The van der Waals surface area contributed by atoms with Gasteiger partial charge in [0.1, 0.15) is 11.5 Å². The zero-order valence-electron chi connectivity index (χ0n) is 18.7. The van der Waals surface area contributed by atoms with E-state index in [1.165, 1.54) is 6.21 Å². The lowest BCUT2D eigenvalue weighted by Gasteiger charge is -2.12. The number of carbonyl (C=O) groups is 1. The van der Waals surface area contributed by atoms with Crippen LogP contribution in [0, 0.1) is 6.92 Å². The minimum absolute atomic E-state index is 0.287. The molecule has 0 atom stereocenters. The highest BCUT2D eigenvalue weighted by Gasteiger charge is 2.11. The van der Waals surface area contributed by atoms with E-state index in [4.69, 9.17) is 4.42 Å². The standard InChI is InChI=1S/C29H23N3O2/c1-21-12-18-27(22-8-4-2-5-9-22)32(21)25-15-13-24(14-16-25)29(33)31-30-20-26-17-19-28(34-26)23-10-6-3-7-11-23/h2-20H,1H3,(H,31,33)/b30-20+. The van der Waals surface area contributed by atoms with Crippen LogP contribution in [0.1, 0.15) is 21.8 Å². The number of aromatic nitrogens is 1. The second-order valence-corrected chi connectivity index (χ2v) is 7.88. The van der Waals surface area contributed by atoms with Crippen LogP contribution in [0.3, 0.4) is 0 Å². The third-order valence-corrected chi connectivity index (χ3v) is 5.58. The Balaban J connectivity index is 1.27. The molecule has 166 valence electrons. The van der Waals surface area contributed by atoms with Crippen molar-refractivity contribution >= 4 is 12.1 Å². The van der Waals surface area contributed by atoms with Gasteiger partial charge >= 0.3 is 0 Å². The molecule has 2 aromatic heterocycles. The van der Waals surface area contributed by atoms with Gasteiger partial charge in [0, 0.05) is 22.5 Å². The van der Waals surface area contributed by atoms with E-state index in [1.54, 1.807) is 12.1 Å². The highest BCUT2D eigenvalue weighted by Crippen LogP contribution is 2.26. The van der Waals surface area contributed by atoms with E-state index in [0.717, 1.165) is 34.0 Å².